The van der Waals surface area contributed by atoms with Crippen LogP contribution in [0.4, 0.5) is 0 Å². The lowest BCUT2D eigenvalue weighted by molar-refractivity contribution is 0.856. The molecule has 2 heteroatoms. The Kier molecular flexibility index (Phi) is 2.33. The smallest absolute Gasteiger partial charge is 0.0220 e. The number of rotatable bonds is 2. The minimum atomic E-state index is 0.906. The summed E-state index contributed by atoms with van der Waals surface area (Å²) in [6.07, 6.45) is 2.94. The topological polar surface area (TPSA) is 4.93 Å². The number of allylic oxidation sites excluding steroid dienone is 1. The van der Waals surface area contributed by atoms with E-state index in [1.807, 2.05) is 19.3 Å². The Labute approximate surface area is 69.5 Å². The Bertz CT molecular complexity index is 237. The third-order valence-corrected chi connectivity index (χ3v) is 1.70. The molecule has 0 spiro atoms. The van der Waals surface area contributed by atoms with Crippen LogP contribution in [0.5, 0.6) is 0 Å². The highest BCUT2D eigenvalue weighted by atomic mass is 79.9. The van der Waals surface area contributed by atoms with Crippen LogP contribution in [0, 0.1) is 0 Å². The number of hydrogen-bond acceptors (Lipinski definition) is 0. The zero-order valence-electron chi connectivity index (χ0n) is 5.97. The zero-order valence-corrected chi connectivity index (χ0v) is 7.56. The van der Waals surface area contributed by atoms with E-state index in [-0.39, 0.29) is 0 Å². The van der Waals surface area contributed by atoms with Crippen molar-refractivity contribution in [1.29, 1.82) is 0 Å². The van der Waals surface area contributed by atoms with Gasteiger partial charge in [-0.1, -0.05) is 22.5 Å². The maximum absolute atomic E-state index is 3.77. The summed E-state index contributed by atoms with van der Waals surface area (Å²) < 4.78 is 3.11. The lowest BCUT2D eigenvalue weighted by Gasteiger charge is -1.99. The van der Waals surface area contributed by atoms with Gasteiger partial charge in [-0.05, 0) is 16.6 Å². The first-order valence-corrected chi connectivity index (χ1v) is 3.93. The molecular weight excluding hydrogens is 190 g/mol. The second kappa shape index (κ2) is 3.06. The molecule has 0 aliphatic carbocycles. The predicted molar refractivity (Wildman–Crippen MR) is 47.2 cm³/mol. The van der Waals surface area contributed by atoms with E-state index in [9.17, 15) is 0 Å². The van der Waals surface area contributed by atoms with Gasteiger partial charge in [-0.15, -0.1) is 0 Å². The van der Waals surface area contributed by atoms with E-state index in [0.29, 0.717) is 0 Å². The van der Waals surface area contributed by atoms with Crippen LogP contribution in [0.2, 0.25) is 0 Å². The monoisotopic (exact) mass is 199 g/mol. The highest BCUT2D eigenvalue weighted by Gasteiger charge is 1.95. The fraction of sp³-hybridized carbons (Fsp3) is 0.250. The van der Waals surface area contributed by atoms with Crippen molar-refractivity contribution >= 4 is 15.9 Å². The normalized spacial score (nSPS) is 9.80. The molecule has 1 aromatic rings. The van der Waals surface area contributed by atoms with Gasteiger partial charge in [-0.25, -0.2) is 0 Å². The quantitative estimate of drug-likeness (QED) is 0.691. The predicted octanol–water partition coefficient (Wildman–Crippen LogP) is 2.48. The molecule has 0 fully saturated rings. The number of aromatic nitrogens is 1. The molecule has 1 rings (SSSR count). The van der Waals surface area contributed by atoms with Crippen molar-refractivity contribution in [2.75, 3.05) is 0 Å². The molecule has 0 saturated carbocycles. The van der Waals surface area contributed by atoms with E-state index < -0.39 is 0 Å². The molecule has 0 N–H and O–H groups in total. The van der Waals surface area contributed by atoms with Gasteiger partial charge in [0.1, 0.15) is 0 Å². The fourth-order valence-electron chi connectivity index (χ4n) is 0.877. The first-order valence-electron chi connectivity index (χ1n) is 3.13. The Hall–Kier alpha value is -0.500. The lowest BCUT2D eigenvalue weighted by Crippen LogP contribution is -1.93. The van der Waals surface area contributed by atoms with Gasteiger partial charge in [0.05, 0.1) is 0 Å². The largest absolute Gasteiger partial charge is 0.354 e. The number of aryl methyl sites for hydroxylation is 1. The SMILES string of the molecule is C=C(Br)Cc1cccn1C. The summed E-state index contributed by atoms with van der Waals surface area (Å²) in [5.41, 5.74) is 1.28. The second-order valence-corrected chi connectivity index (χ2v) is 3.43. The van der Waals surface area contributed by atoms with Gasteiger partial charge in [0, 0.05) is 25.4 Å². The van der Waals surface area contributed by atoms with Gasteiger partial charge < -0.3 is 4.57 Å². The summed E-state index contributed by atoms with van der Waals surface area (Å²) in [5.74, 6) is 0. The summed E-state index contributed by atoms with van der Waals surface area (Å²) in [7, 11) is 2.03. The van der Waals surface area contributed by atoms with Crippen LogP contribution in [0.3, 0.4) is 0 Å². The molecule has 0 aliphatic heterocycles. The van der Waals surface area contributed by atoms with Gasteiger partial charge in [0.15, 0.2) is 0 Å². The van der Waals surface area contributed by atoms with Crippen molar-refractivity contribution < 1.29 is 0 Å². The molecule has 0 bridgehead atoms. The van der Waals surface area contributed by atoms with Gasteiger partial charge in [-0.3, -0.25) is 0 Å². The maximum Gasteiger partial charge on any atom is 0.0220 e. The summed E-state index contributed by atoms with van der Waals surface area (Å²) in [5, 5.41) is 0. The van der Waals surface area contributed by atoms with E-state index in [2.05, 4.69) is 33.1 Å². The molecule has 0 saturated heterocycles. The van der Waals surface area contributed by atoms with E-state index in [0.717, 1.165) is 10.9 Å². The highest BCUT2D eigenvalue weighted by molar-refractivity contribution is 9.11. The molecule has 0 amide bonds. The third kappa shape index (κ3) is 1.74. The minimum Gasteiger partial charge on any atom is -0.354 e. The van der Waals surface area contributed by atoms with Crippen molar-refractivity contribution in [3.05, 3.63) is 35.1 Å². The molecular formula is C8H10BrN. The maximum atomic E-state index is 3.77. The average Bonchev–Trinajstić information content (AvgIpc) is 2.15. The molecule has 0 aromatic carbocycles. The van der Waals surface area contributed by atoms with E-state index in [1.165, 1.54) is 5.69 Å². The molecule has 0 aliphatic rings. The first kappa shape index (κ1) is 7.61. The molecule has 0 radical (unpaired) electrons. The number of hydrogen-bond donors (Lipinski definition) is 0. The summed E-state index contributed by atoms with van der Waals surface area (Å²) in [4.78, 5) is 0. The van der Waals surface area contributed by atoms with E-state index in [4.69, 9.17) is 0 Å². The van der Waals surface area contributed by atoms with Crippen molar-refractivity contribution in [2.24, 2.45) is 7.05 Å². The van der Waals surface area contributed by atoms with Crippen LogP contribution < -0.4 is 0 Å². The zero-order chi connectivity index (χ0) is 7.56. The van der Waals surface area contributed by atoms with Gasteiger partial charge in [0.25, 0.3) is 0 Å². The lowest BCUT2D eigenvalue weighted by atomic mass is 10.3. The third-order valence-electron chi connectivity index (χ3n) is 1.42. The van der Waals surface area contributed by atoms with Crippen LogP contribution >= 0.6 is 15.9 Å². The Morgan fingerprint density at radius 2 is 2.50 bits per heavy atom. The standard InChI is InChI=1S/C8H10BrN/c1-7(9)6-8-4-3-5-10(8)2/h3-5H,1,6H2,2H3. The highest BCUT2D eigenvalue weighted by Crippen LogP contribution is 2.10. The first-order chi connectivity index (χ1) is 4.70. The number of nitrogens with zero attached hydrogens (tertiary/aromatic N) is 1. The minimum absolute atomic E-state index is 0.906. The van der Waals surface area contributed by atoms with Crippen LogP contribution in [0.15, 0.2) is 29.4 Å². The Morgan fingerprint density at radius 3 is 2.90 bits per heavy atom. The van der Waals surface area contributed by atoms with Gasteiger partial charge in [0.2, 0.25) is 0 Å². The summed E-state index contributed by atoms with van der Waals surface area (Å²) in [6.45, 7) is 3.77. The van der Waals surface area contributed by atoms with Crippen molar-refractivity contribution in [2.45, 2.75) is 6.42 Å². The summed E-state index contributed by atoms with van der Waals surface area (Å²) >= 11 is 3.32. The van der Waals surface area contributed by atoms with E-state index in [1.54, 1.807) is 0 Å². The van der Waals surface area contributed by atoms with Gasteiger partial charge >= 0.3 is 0 Å². The molecule has 0 atom stereocenters. The van der Waals surface area contributed by atoms with Crippen LogP contribution in [-0.4, -0.2) is 4.57 Å². The molecule has 0 unspecified atom stereocenters. The Morgan fingerprint density at radius 1 is 1.80 bits per heavy atom. The summed E-state index contributed by atoms with van der Waals surface area (Å²) in [6, 6.07) is 4.12. The second-order valence-electron chi connectivity index (χ2n) is 2.30. The Balaban J connectivity index is 2.74. The van der Waals surface area contributed by atoms with Crippen LogP contribution in [0.25, 0.3) is 0 Å². The van der Waals surface area contributed by atoms with Crippen molar-refractivity contribution in [3.63, 3.8) is 0 Å². The van der Waals surface area contributed by atoms with E-state index >= 15 is 0 Å². The fourth-order valence-corrected chi connectivity index (χ4v) is 1.16. The molecule has 1 heterocycles. The number of halogens is 1. The van der Waals surface area contributed by atoms with Crippen molar-refractivity contribution in [3.8, 4) is 0 Å². The van der Waals surface area contributed by atoms with Crippen LogP contribution in [-0.2, 0) is 13.5 Å². The van der Waals surface area contributed by atoms with Crippen LogP contribution in [0.1, 0.15) is 5.69 Å². The van der Waals surface area contributed by atoms with Crippen molar-refractivity contribution in [1.82, 2.24) is 4.57 Å². The average molecular weight is 200 g/mol. The molecule has 54 valence electrons. The molecule has 1 aromatic heterocycles. The van der Waals surface area contributed by atoms with Gasteiger partial charge in [-0.2, -0.15) is 0 Å². The molecule has 1 nitrogen and oxygen atoms in total. The molecule has 10 heavy (non-hydrogen) atoms.